The molecule has 4 N–H and O–H groups in total. The van der Waals surface area contributed by atoms with Crippen LogP contribution < -0.4 is 10.6 Å². The predicted octanol–water partition coefficient (Wildman–Crippen LogP) is 0.545. The first kappa shape index (κ1) is 20.6. The van der Waals surface area contributed by atoms with E-state index in [-0.39, 0.29) is 12.5 Å². The van der Waals surface area contributed by atoms with Crippen molar-refractivity contribution in [3.63, 3.8) is 0 Å². The summed E-state index contributed by atoms with van der Waals surface area (Å²) in [6.07, 6.45) is -2.45. The predicted molar refractivity (Wildman–Crippen MR) is 80.5 cm³/mol. The molecule has 22 heavy (non-hydrogen) atoms. The fourth-order valence-electron chi connectivity index (χ4n) is 1.83. The van der Waals surface area contributed by atoms with Gasteiger partial charge in [0.15, 0.2) is 6.29 Å². The van der Waals surface area contributed by atoms with Gasteiger partial charge in [-0.2, -0.15) is 0 Å². The summed E-state index contributed by atoms with van der Waals surface area (Å²) in [7, 11) is 0. The molecule has 0 aromatic heterocycles. The van der Waals surface area contributed by atoms with E-state index in [0.717, 1.165) is 0 Å². The highest BCUT2D eigenvalue weighted by atomic mass is 16.7. The third-order valence-corrected chi connectivity index (χ3v) is 2.97. The van der Waals surface area contributed by atoms with Gasteiger partial charge in [-0.1, -0.05) is 13.8 Å². The van der Waals surface area contributed by atoms with E-state index in [1.807, 2.05) is 19.2 Å². The fraction of sp³-hybridized carbons (Fsp3) is 0.857. The van der Waals surface area contributed by atoms with E-state index < -0.39 is 30.4 Å². The van der Waals surface area contributed by atoms with Crippen LogP contribution >= 0.6 is 0 Å². The quantitative estimate of drug-likeness (QED) is 0.413. The van der Waals surface area contributed by atoms with Crippen LogP contribution in [0, 0.1) is 5.92 Å². The normalized spacial score (nSPS) is 14.0. The zero-order chi connectivity index (χ0) is 17.1. The van der Waals surface area contributed by atoms with Crippen LogP contribution in [-0.4, -0.2) is 60.4 Å². The van der Waals surface area contributed by atoms with Gasteiger partial charge in [0, 0.05) is 26.2 Å². The molecule has 0 radical (unpaired) electrons. The summed E-state index contributed by atoms with van der Waals surface area (Å²) in [6.45, 7) is 8.34. The zero-order valence-corrected chi connectivity index (χ0v) is 13.7. The molecular formula is C14H28N2O6. The van der Waals surface area contributed by atoms with Crippen LogP contribution in [0.4, 0.5) is 4.79 Å². The van der Waals surface area contributed by atoms with Gasteiger partial charge in [0.05, 0.1) is 6.10 Å². The van der Waals surface area contributed by atoms with E-state index in [9.17, 15) is 14.7 Å². The highest BCUT2D eigenvalue weighted by Crippen LogP contribution is 2.07. The van der Waals surface area contributed by atoms with Crippen molar-refractivity contribution < 1.29 is 29.3 Å². The first-order chi connectivity index (χ1) is 10.3. The summed E-state index contributed by atoms with van der Waals surface area (Å²) >= 11 is 0. The summed E-state index contributed by atoms with van der Waals surface area (Å²) in [5, 5.41) is 23.3. The summed E-state index contributed by atoms with van der Waals surface area (Å²) in [5.41, 5.74) is 0. The standard InChI is InChI=1S/C14H28N2O6/c1-5-21-10(22-6-2)7-8-15-13(18)11(16-14(19)20)12(17)9(3)4/h9-12,16-17H,5-8H2,1-4H3,(H,15,18)(H,19,20). The zero-order valence-electron chi connectivity index (χ0n) is 13.7. The third-order valence-electron chi connectivity index (χ3n) is 2.97. The largest absolute Gasteiger partial charge is 0.465 e. The Kier molecular flexibility index (Phi) is 10.5. The van der Waals surface area contributed by atoms with E-state index in [1.54, 1.807) is 13.8 Å². The van der Waals surface area contributed by atoms with E-state index in [2.05, 4.69) is 5.32 Å². The van der Waals surface area contributed by atoms with Gasteiger partial charge in [0.1, 0.15) is 6.04 Å². The van der Waals surface area contributed by atoms with E-state index >= 15 is 0 Å². The van der Waals surface area contributed by atoms with Gasteiger partial charge in [0.25, 0.3) is 0 Å². The molecule has 0 aliphatic carbocycles. The molecule has 0 aliphatic rings. The molecule has 0 rings (SSSR count). The minimum Gasteiger partial charge on any atom is -0.465 e. The van der Waals surface area contributed by atoms with Crippen molar-refractivity contribution in [1.82, 2.24) is 10.6 Å². The SMILES string of the molecule is CCOC(CCNC(=O)C(NC(=O)O)C(O)C(C)C)OCC. The maximum absolute atomic E-state index is 12.0. The Labute approximate surface area is 131 Å². The molecule has 130 valence electrons. The number of nitrogens with one attached hydrogen (secondary N) is 2. The van der Waals surface area contributed by atoms with Gasteiger partial charge >= 0.3 is 6.09 Å². The van der Waals surface area contributed by atoms with Crippen LogP contribution in [0.2, 0.25) is 0 Å². The van der Waals surface area contributed by atoms with Crippen LogP contribution in [0.1, 0.15) is 34.1 Å². The topological polar surface area (TPSA) is 117 Å². The molecule has 0 aromatic carbocycles. The summed E-state index contributed by atoms with van der Waals surface area (Å²) < 4.78 is 10.7. The Hall–Kier alpha value is -1.38. The first-order valence-corrected chi connectivity index (χ1v) is 7.51. The lowest BCUT2D eigenvalue weighted by Crippen LogP contribution is -2.54. The average Bonchev–Trinajstić information content (AvgIpc) is 2.44. The number of ether oxygens (including phenoxy) is 2. The number of aliphatic hydroxyl groups is 1. The maximum Gasteiger partial charge on any atom is 0.405 e. The molecule has 0 spiro atoms. The van der Waals surface area contributed by atoms with E-state index in [0.29, 0.717) is 19.6 Å². The fourth-order valence-corrected chi connectivity index (χ4v) is 1.83. The molecule has 0 heterocycles. The van der Waals surface area contributed by atoms with E-state index in [4.69, 9.17) is 14.6 Å². The number of carboxylic acid groups (broad SMARTS) is 1. The maximum atomic E-state index is 12.0. The molecule has 2 atom stereocenters. The lowest BCUT2D eigenvalue weighted by Gasteiger charge is -2.25. The Morgan fingerprint density at radius 2 is 1.68 bits per heavy atom. The molecule has 0 aromatic rings. The second kappa shape index (κ2) is 11.2. The van der Waals surface area contributed by atoms with Crippen molar-refractivity contribution in [2.45, 2.75) is 52.6 Å². The Morgan fingerprint density at radius 1 is 1.14 bits per heavy atom. The van der Waals surface area contributed by atoms with Crippen molar-refractivity contribution in [3.8, 4) is 0 Å². The van der Waals surface area contributed by atoms with Crippen LogP contribution in [-0.2, 0) is 14.3 Å². The van der Waals surface area contributed by atoms with Gasteiger partial charge in [-0.25, -0.2) is 4.79 Å². The minimum absolute atomic E-state index is 0.256. The molecule has 0 saturated heterocycles. The van der Waals surface area contributed by atoms with Gasteiger partial charge in [0.2, 0.25) is 5.91 Å². The summed E-state index contributed by atoms with van der Waals surface area (Å²) in [6, 6.07) is -1.21. The van der Waals surface area contributed by atoms with Gasteiger partial charge in [-0.05, 0) is 19.8 Å². The van der Waals surface area contributed by atoms with Gasteiger partial charge in [-0.3, -0.25) is 4.79 Å². The van der Waals surface area contributed by atoms with Crippen molar-refractivity contribution in [2.24, 2.45) is 5.92 Å². The molecule has 0 fully saturated rings. The van der Waals surface area contributed by atoms with Gasteiger partial charge < -0.3 is 30.3 Å². The van der Waals surface area contributed by atoms with Crippen LogP contribution in [0.3, 0.4) is 0 Å². The number of carbonyl (C=O) groups is 2. The smallest absolute Gasteiger partial charge is 0.405 e. The molecule has 8 heteroatoms. The number of rotatable bonds is 11. The molecule has 0 saturated carbocycles. The van der Waals surface area contributed by atoms with Crippen molar-refractivity contribution >= 4 is 12.0 Å². The lowest BCUT2D eigenvalue weighted by atomic mass is 9.99. The van der Waals surface area contributed by atoms with Crippen molar-refractivity contribution in [3.05, 3.63) is 0 Å². The average molecular weight is 320 g/mol. The molecule has 2 amide bonds. The van der Waals surface area contributed by atoms with Crippen LogP contribution in [0.25, 0.3) is 0 Å². The minimum atomic E-state index is -1.36. The number of amides is 2. The number of hydrogen-bond acceptors (Lipinski definition) is 5. The summed E-state index contributed by atoms with van der Waals surface area (Å²) in [4.78, 5) is 22.8. The molecule has 0 bridgehead atoms. The van der Waals surface area contributed by atoms with Crippen LogP contribution in [0.15, 0.2) is 0 Å². The second-order valence-electron chi connectivity index (χ2n) is 5.08. The molecule has 2 unspecified atom stereocenters. The van der Waals surface area contributed by atoms with Crippen molar-refractivity contribution in [2.75, 3.05) is 19.8 Å². The molecule has 8 nitrogen and oxygen atoms in total. The first-order valence-electron chi connectivity index (χ1n) is 7.51. The number of aliphatic hydroxyl groups excluding tert-OH is 1. The number of hydrogen-bond donors (Lipinski definition) is 4. The second-order valence-corrected chi connectivity index (χ2v) is 5.08. The number of carbonyl (C=O) groups excluding carboxylic acids is 1. The third kappa shape index (κ3) is 8.16. The van der Waals surface area contributed by atoms with Crippen LogP contribution in [0.5, 0.6) is 0 Å². The molecule has 0 aliphatic heterocycles. The molecular weight excluding hydrogens is 292 g/mol. The Morgan fingerprint density at radius 3 is 2.09 bits per heavy atom. The van der Waals surface area contributed by atoms with Crippen molar-refractivity contribution in [1.29, 1.82) is 0 Å². The Bertz CT molecular complexity index is 331. The van der Waals surface area contributed by atoms with E-state index in [1.165, 1.54) is 0 Å². The highest BCUT2D eigenvalue weighted by molar-refractivity contribution is 5.85. The monoisotopic (exact) mass is 320 g/mol. The summed E-state index contributed by atoms with van der Waals surface area (Å²) in [5.74, 6) is -0.836. The van der Waals surface area contributed by atoms with Gasteiger partial charge in [-0.15, -0.1) is 0 Å². The lowest BCUT2D eigenvalue weighted by molar-refractivity contribution is -0.140. The highest BCUT2D eigenvalue weighted by Gasteiger charge is 2.30. The Balaban J connectivity index is 4.46.